The van der Waals surface area contributed by atoms with Crippen molar-refractivity contribution in [1.82, 2.24) is 15.1 Å². The molecule has 2 aliphatic rings. The van der Waals surface area contributed by atoms with E-state index in [1.165, 1.54) is 12.0 Å². The highest BCUT2D eigenvalue weighted by atomic mass is 16.2. The van der Waals surface area contributed by atoms with Gasteiger partial charge in [0.25, 0.3) is 0 Å². The molecule has 2 saturated heterocycles. The van der Waals surface area contributed by atoms with Gasteiger partial charge in [-0.3, -0.25) is 9.69 Å². The molecular formula is C20H31N3O. The van der Waals surface area contributed by atoms with Gasteiger partial charge in [0.2, 0.25) is 5.91 Å². The first-order valence-electron chi connectivity index (χ1n) is 9.40. The summed E-state index contributed by atoms with van der Waals surface area (Å²) < 4.78 is 0. The lowest BCUT2D eigenvalue weighted by Crippen LogP contribution is -2.53. The molecule has 2 unspecified atom stereocenters. The Kier molecular flexibility index (Phi) is 5.90. The molecule has 0 radical (unpaired) electrons. The summed E-state index contributed by atoms with van der Waals surface area (Å²) in [5.74, 6) is 0.948. The van der Waals surface area contributed by atoms with Crippen molar-refractivity contribution in [2.45, 2.75) is 51.2 Å². The number of likely N-dealkylation sites (N-methyl/N-ethyl adjacent to an activating group) is 1. The van der Waals surface area contributed by atoms with E-state index in [2.05, 4.69) is 47.5 Å². The summed E-state index contributed by atoms with van der Waals surface area (Å²) in [4.78, 5) is 17.3. The molecule has 132 valence electrons. The van der Waals surface area contributed by atoms with Gasteiger partial charge in [-0.25, -0.2) is 0 Å². The summed E-state index contributed by atoms with van der Waals surface area (Å²) >= 11 is 0. The summed E-state index contributed by atoms with van der Waals surface area (Å²) in [6.07, 6.45) is 4.33. The molecule has 0 aromatic heterocycles. The largest absolute Gasteiger partial charge is 0.341 e. The first-order valence-corrected chi connectivity index (χ1v) is 9.40. The van der Waals surface area contributed by atoms with Gasteiger partial charge in [-0.05, 0) is 43.7 Å². The molecule has 2 heterocycles. The van der Waals surface area contributed by atoms with E-state index in [0.717, 1.165) is 45.4 Å². The second-order valence-electron chi connectivity index (χ2n) is 7.58. The maximum Gasteiger partial charge on any atom is 0.239 e. The molecule has 24 heavy (non-hydrogen) atoms. The highest BCUT2D eigenvalue weighted by molar-refractivity contribution is 5.82. The van der Waals surface area contributed by atoms with Gasteiger partial charge in [-0.1, -0.05) is 37.3 Å². The number of piperidine rings is 2. The van der Waals surface area contributed by atoms with Crippen LogP contribution in [-0.4, -0.2) is 54.5 Å². The van der Waals surface area contributed by atoms with Crippen LogP contribution in [-0.2, 0) is 11.3 Å². The van der Waals surface area contributed by atoms with Gasteiger partial charge in [-0.15, -0.1) is 0 Å². The molecule has 2 aliphatic heterocycles. The van der Waals surface area contributed by atoms with Crippen LogP contribution < -0.4 is 5.32 Å². The van der Waals surface area contributed by atoms with Gasteiger partial charge in [0.05, 0.1) is 6.04 Å². The molecular weight excluding hydrogens is 298 g/mol. The minimum absolute atomic E-state index is 0.0288. The molecule has 1 N–H and O–H groups in total. The molecule has 4 nitrogen and oxygen atoms in total. The Morgan fingerprint density at radius 2 is 1.92 bits per heavy atom. The molecule has 3 rings (SSSR count). The number of carbonyl (C=O) groups excluding carboxylic acids is 1. The van der Waals surface area contributed by atoms with Crippen molar-refractivity contribution in [3.8, 4) is 0 Å². The van der Waals surface area contributed by atoms with Gasteiger partial charge in [0.1, 0.15) is 0 Å². The molecule has 4 heteroatoms. The van der Waals surface area contributed by atoms with Crippen molar-refractivity contribution in [2.75, 3.05) is 26.7 Å². The molecule has 0 aliphatic carbocycles. The Morgan fingerprint density at radius 1 is 1.21 bits per heavy atom. The number of likely N-dealkylation sites (tertiary alicyclic amines) is 1. The van der Waals surface area contributed by atoms with Crippen molar-refractivity contribution >= 4 is 5.91 Å². The lowest BCUT2D eigenvalue weighted by molar-refractivity contribution is -0.136. The fraction of sp³-hybridized carbons (Fsp3) is 0.650. The van der Waals surface area contributed by atoms with Crippen molar-refractivity contribution in [3.63, 3.8) is 0 Å². The molecule has 1 aromatic rings. The monoisotopic (exact) mass is 329 g/mol. The number of carbonyl (C=O) groups is 1. The third-order valence-corrected chi connectivity index (χ3v) is 5.67. The summed E-state index contributed by atoms with van der Waals surface area (Å²) in [5, 5.41) is 3.41. The van der Waals surface area contributed by atoms with Gasteiger partial charge in [0, 0.05) is 32.7 Å². The third kappa shape index (κ3) is 4.37. The normalized spacial score (nSPS) is 26.2. The van der Waals surface area contributed by atoms with Crippen LogP contribution in [0, 0.1) is 5.92 Å². The maximum absolute atomic E-state index is 12.8. The van der Waals surface area contributed by atoms with Gasteiger partial charge in [0.15, 0.2) is 0 Å². The van der Waals surface area contributed by atoms with E-state index in [1.54, 1.807) is 0 Å². The molecule has 0 spiro atoms. The van der Waals surface area contributed by atoms with Crippen molar-refractivity contribution < 1.29 is 4.79 Å². The Hall–Kier alpha value is -1.39. The molecule has 1 aromatic carbocycles. The van der Waals surface area contributed by atoms with Crippen molar-refractivity contribution in [3.05, 3.63) is 35.9 Å². The zero-order chi connectivity index (χ0) is 16.9. The van der Waals surface area contributed by atoms with E-state index in [4.69, 9.17) is 0 Å². The predicted octanol–water partition coefficient (Wildman–Crippen LogP) is 2.50. The van der Waals surface area contributed by atoms with E-state index >= 15 is 0 Å². The Labute approximate surface area is 146 Å². The Balaban J connectivity index is 1.48. The highest BCUT2D eigenvalue weighted by Crippen LogP contribution is 2.21. The number of rotatable bonds is 4. The van der Waals surface area contributed by atoms with Crippen molar-refractivity contribution in [2.24, 2.45) is 5.92 Å². The lowest BCUT2D eigenvalue weighted by atomic mass is 9.93. The summed E-state index contributed by atoms with van der Waals surface area (Å²) in [6, 6.07) is 11.1. The van der Waals surface area contributed by atoms with Crippen LogP contribution >= 0.6 is 0 Å². The molecule has 1 amide bonds. The minimum Gasteiger partial charge on any atom is -0.341 e. The molecule has 2 atom stereocenters. The second kappa shape index (κ2) is 8.13. The average Bonchev–Trinajstić information content (AvgIpc) is 2.62. The minimum atomic E-state index is 0.0288. The number of amides is 1. The van der Waals surface area contributed by atoms with Crippen LogP contribution in [0.4, 0.5) is 0 Å². The van der Waals surface area contributed by atoms with E-state index in [-0.39, 0.29) is 6.04 Å². The fourth-order valence-corrected chi connectivity index (χ4v) is 4.03. The van der Waals surface area contributed by atoms with Crippen molar-refractivity contribution in [1.29, 1.82) is 0 Å². The average molecular weight is 329 g/mol. The van der Waals surface area contributed by atoms with Gasteiger partial charge < -0.3 is 10.2 Å². The summed E-state index contributed by atoms with van der Waals surface area (Å²) in [7, 11) is 2.00. The first-order chi connectivity index (χ1) is 11.6. The van der Waals surface area contributed by atoms with E-state index < -0.39 is 0 Å². The highest BCUT2D eigenvalue weighted by Gasteiger charge is 2.31. The smallest absolute Gasteiger partial charge is 0.239 e. The number of nitrogens with one attached hydrogen (secondary N) is 1. The van der Waals surface area contributed by atoms with Gasteiger partial charge >= 0.3 is 0 Å². The van der Waals surface area contributed by atoms with Crippen LogP contribution in [0.5, 0.6) is 0 Å². The standard InChI is InChI=1S/C20H31N3O/c1-16-8-11-21-19(14-16)20(24)22(2)18-9-12-23(13-10-18)15-17-6-4-3-5-7-17/h3-7,16,18-19,21H,8-15H2,1-2H3. The topological polar surface area (TPSA) is 35.6 Å². The zero-order valence-corrected chi connectivity index (χ0v) is 15.1. The summed E-state index contributed by atoms with van der Waals surface area (Å²) in [5.41, 5.74) is 1.38. The van der Waals surface area contributed by atoms with E-state index in [0.29, 0.717) is 17.9 Å². The number of nitrogens with zero attached hydrogens (tertiary/aromatic N) is 2. The van der Waals surface area contributed by atoms with Gasteiger partial charge in [-0.2, -0.15) is 0 Å². The first kappa shape index (κ1) is 17.4. The number of hydrogen-bond acceptors (Lipinski definition) is 3. The fourth-order valence-electron chi connectivity index (χ4n) is 4.03. The lowest BCUT2D eigenvalue weighted by Gasteiger charge is -2.39. The van der Waals surface area contributed by atoms with Crippen LogP contribution in [0.25, 0.3) is 0 Å². The molecule has 0 saturated carbocycles. The SMILES string of the molecule is CC1CCNC(C(=O)N(C)C2CCN(Cc3ccccc3)CC2)C1. The number of hydrogen-bond donors (Lipinski definition) is 1. The maximum atomic E-state index is 12.8. The van der Waals surface area contributed by atoms with Crippen LogP contribution in [0.3, 0.4) is 0 Å². The summed E-state index contributed by atoms with van der Waals surface area (Å²) in [6.45, 7) is 6.40. The Morgan fingerprint density at radius 3 is 2.58 bits per heavy atom. The second-order valence-corrected chi connectivity index (χ2v) is 7.58. The van der Waals surface area contributed by atoms with Crippen LogP contribution in [0.15, 0.2) is 30.3 Å². The van der Waals surface area contributed by atoms with E-state index in [1.807, 2.05) is 11.9 Å². The molecule has 2 fully saturated rings. The quantitative estimate of drug-likeness (QED) is 0.922. The number of benzene rings is 1. The zero-order valence-electron chi connectivity index (χ0n) is 15.1. The van der Waals surface area contributed by atoms with Crippen LogP contribution in [0.1, 0.15) is 38.2 Å². The predicted molar refractivity (Wildman–Crippen MR) is 97.7 cm³/mol. The Bertz CT molecular complexity index is 525. The van der Waals surface area contributed by atoms with E-state index in [9.17, 15) is 4.79 Å². The van der Waals surface area contributed by atoms with Crippen LogP contribution in [0.2, 0.25) is 0 Å². The molecule has 0 bridgehead atoms. The third-order valence-electron chi connectivity index (χ3n) is 5.67.